The fourth-order valence-electron chi connectivity index (χ4n) is 1.44. The van der Waals surface area contributed by atoms with Crippen molar-refractivity contribution < 1.29 is 9.90 Å². The van der Waals surface area contributed by atoms with Crippen molar-refractivity contribution in [3.05, 3.63) is 40.6 Å². The van der Waals surface area contributed by atoms with Gasteiger partial charge in [0.15, 0.2) is 0 Å². The van der Waals surface area contributed by atoms with Crippen LogP contribution < -0.4 is 5.32 Å². The number of thiazole rings is 1. The van der Waals surface area contributed by atoms with Crippen molar-refractivity contribution >= 4 is 23.0 Å². The third-order valence-electron chi connectivity index (χ3n) is 2.25. The van der Waals surface area contributed by atoms with Gasteiger partial charge in [-0.3, -0.25) is 4.98 Å². The Morgan fingerprint density at radius 1 is 1.53 bits per heavy atom. The number of carboxylic acid groups (broad SMARTS) is 1. The number of aromatic nitrogens is 2. The van der Waals surface area contributed by atoms with Crippen molar-refractivity contribution in [2.75, 3.05) is 5.32 Å². The minimum Gasteiger partial charge on any atom is -0.478 e. The molecule has 0 fully saturated rings. The summed E-state index contributed by atoms with van der Waals surface area (Å²) in [6.45, 7) is 1.93. The second-order valence-corrected chi connectivity index (χ2v) is 4.39. The number of hydrogen-bond acceptors (Lipinski definition) is 5. The van der Waals surface area contributed by atoms with Gasteiger partial charge in [-0.05, 0) is 13.0 Å². The zero-order valence-electron chi connectivity index (χ0n) is 9.12. The molecule has 6 heteroatoms. The van der Waals surface area contributed by atoms with Crippen LogP contribution in [0.3, 0.4) is 0 Å². The molecule has 2 aromatic rings. The first-order valence-corrected chi connectivity index (χ1v) is 5.89. The molecule has 0 bridgehead atoms. The van der Waals surface area contributed by atoms with Crippen LogP contribution >= 0.6 is 11.3 Å². The average molecular weight is 249 g/mol. The molecule has 2 heterocycles. The molecule has 0 radical (unpaired) electrons. The number of carbonyl (C=O) groups is 1. The standard InChI is InChI=1S/C11H11N3O2S/c1-7(10-13-4-5-17-10)14-9-6-12-3-2-8(9)11(15)16/h2-7,14H,1H3,(H,15,16). The van der Waals surface area contributed by atoms with E-state index in [-0.39, 0.29) is 11.6 Å². The summed E-state index contributed by atoms with van der Waals surface area (Å²) in [5, 5.41) is 14.9. The fraction of sp³-hybridized carbons (Fsp3) is 0.182. The van der Waals surface area contributed by atoms with E-state index in [0.717, 1.165) is 5.01 Å². The monoisotopic (exact) mass is 249 g/mol. The molecule has 0 amide bonds. The number of nitrogens with zero attached hydrogens (tertiary/aromatic N) is 2. The molecule has 2 rings (SSSR count). The van der Waals surface area contributed by atoms with Gasteiger partial charge in [0.05, 0.1) is 23.5 Å². The van der Waals surface area contributed by atoms with E-state index in [4.69, 9.17) is 5.11 Å². The molecule has 17 heavy (non-hydrogen) atoms. The second-order valence-electron chi connectivity index (χ2n) is 3.46. The maximum absolute atomic E-state index is 11.0. The minimum atomic E-state index is -0.971. The molecule has 2 N–H and O–H groups in total. The minimum absolute atomic E-state index is 0.0442. The highest BCUT2D eigenvalue weighted by Gasteiger charge is 2.13. The van der Waals surface area contributed by atoms with E-state index in [2.05, 4.69) is 15.3 Å². The number of hydrogen-bond donors (Lipinski definition) is 2. The van der Waals surface area contributed by atoms with Crippen molar-refractivity contribution in [2.45, 2.75) is 13.0 Å². The second kappa shape index (κ2) is 4.92. The molecule has 0 aliphatic heterocycles. The van der Waals surface area contributed by atoms with Crippen LogP contribution in [0.2, 0.25) is 0 Å². The fourth-order valence-corrected chi connectivity index (χ4v) is 2.09. The summed E-state index contributed by atoms with van der Waals surface area (Å²) in [5.41, 5.74) is 0.714. The van der Waals surface area contributed by atoms with Crippen LogP contribution in [0.5, 0.6) is 0 Å². The van der Waals surface area contributed by atoms with Crippen LogP contribution in [0, 0.1) is 0 Å². The first-order chi connectivity index (χ1) is 8.18. The number of anilines is 1. The molecule has 0 spiro atoms. The number of carboxylic acids is 1. The van der Waals surface area contributed by atoms with Gasteiger partial charge in [-0.2, -0.15) is 0 Å². The quantitative estimate of drug-likeness (QED) is 0.870. The lowest BCUT2D eigenvalue weighted by molar-refractivity contribution is 0.0698. The summed E-state index contributed by atoms with van der Waals surface area (Å²) in [6.07, 6.45) is 4.69. The lowest BCUT2D eigenvalue weighted by atomic mass is 10.2. The zero-order valence-corrected chi connectivity index (χ0v) is 9.94. The van der Waals surface area contributed by atoms with Gasteiger partial charge in [0.25, 0.3) is 0 Å². The van der Waals surface area contributed by atoms with Crippen molar-refractivity contribution in [2.24, 2.45) is 0 Å². The Morgan fingerprint density at radius 2 is 2.35 bits per heavy atom. The van der Waals surface area contributed by atoms with Crippen LogP contribution in [0.15, 0.2) is 30.0 Å². The van der Waals surface area contributed by atoms with Gasteiger partial charge in [0.2, 0.25) is 0 Å². The summed E-state index contributed by atoms with van der Waals surface area (Å²) < 4.78 is 0. The third kappa shape index (κ3) is 2.59. The Labute approximate surface area is 102 Å². The van der Waals surface area contributed by atoms with Crippen molar-refractivity contribution in [3.63, 3.8) is 0 Å². The maximum atomic E-state index is 11.0. The lowest BCUT2D eigenvalue weighted by Gasteiger charge is -2.13. The number of pyridine rings is 1. The molecule has 0 aliphatic carbocycles. The molecule has 2 aromatic heterocycles. The van der Waals surface area contributed by atoms with Crippen LogP contribution in [-0.2, 0) is 0 Å². The van der Waals surface area contributed by atoms with Gasteiger partial charge in [0.1, 0.15) is 5.01 Å². The Kier molecular flexibility index (Phi) is 3.34. The molecule has 1 atom stereocenters. The van der Waals surface area contributed by atoms with Crippen LogP contribution in [0.1, 0.15) is 28.3 Å². The number of rotatable bonds is 4. The summed E-state index contributed by atoms with van der Waals surface area (Å²) in [4.78, 5) is 19.1. The summed E-state index contributed by atoms with van der Waals surface area (Å²) in [5.74, 6) is -0.971. The first-order valence-electron chi connectivity index (χ1n) is 5.01. The Bertz CT molecular complexity index is 513. The average Bonchev–Trinajstić information content (AvgIpc) is 2.83. The Balaban J connectivity index is 2.21. The molecule has 0 aliphatic rings. The van der Waals surface area contributed by atoms with E-state index in [0.29, 0.717) is 5.69 Å². The third-order valence-corrected chi connectivity index (χ3v) is 3.20. The molecular formula is C11H11N3O2S. The van der Waals surface area contributed by atoms with E-state index >= 15 is 0 Å². The highest BCUT2D eigenvalue weighted by molar-refractivity contribution is 7.09. The van der Waals surface area contributed by atoms with Gasteiger partial charge in [-0.15, -0.1) is 11.3 Å². The smallest absolute Gasteiger partial charge is 0.337 e. The molecule has 88 valence electrons. The molecular weight excluding hydrogens is 238 g/mol. The predicted molar refractivity (Wildman–Crippen MR) is 65.3 cm³/mol. The lowest BCUT2D eigenvalue weighted by Crippen LogP contribution is -2.10. The SMILES string of the molecule is CC(Nc1cnccc1C(=O)O)c1nccs1. The zero-order chi connectivity index (χ0) is 12.3. The van der Waals surface area contributed by atoms with E-state index in [9.17, 15) is 4.79 Å². The van der Waals surface area contributed by atoms with Crippen molar-refractivity contribution in [3.8, 4) is 0 Å². The van der Waals surface area contributed by atoms with Gasteiger partial charge >= 0.3 is 5.97 Å². The number of nitrogens with one attached hydrogen (secondary N) is 1. The van der Waals surface area contributed by atoms with Crippen LogP contribution in [0.25, 0.3) is 0 Å². The molecule has 0 saturated heterocycles. The molecule has 0 aromatic carbocycles. The molecule has 1 unspecified atom stereocenters. The van der Waals surface area contributed by atoms with Gasteiger partial charge in [-0.1, -0.05) is 0 Å². The van der Waals surface area contributed by atoms with Gasteiger partial charge in [0, 0.05) is 17.8 Å². The maximum Gasteiger partial charge on any atom is 0.337 e. The highest BCUT2D eigenvalue weighted by atomic mass is 32.1. The first kappa shape index (κ1) is 11.5. The summed E-state index contributed by atoms with van der Waals surface area (Å²) in [7, 11) is 0. The van der Waals surface area contributed by atoms with E-state index < -0.39 is 5.97 Å². The summed E-state index contributed by atoms with van der Waals surface area (Å²) >= 11 is 1.52. The predicted octanol–water partition coefficient (Wildman–Crippen LogP) is 2.41. The van der Waals surface area contributed by atoms with Crippen molar-refractivity contribution in [1.82, 2.24) is 9.97 Å². The largest absolute Gasteiger partial charge is 0.478 e. The van der Waals surface area contributed by atoms with E-state index in [1.807, 2.05) is 12.3 Å². The van der Waals surface area contributed by atoms with Crippen LogP contribution in [0.4, 0.5) is 5.69 Å². The molecule has 5 nitrogen and oxygen atoms in total. The van der Waals surface area contributed by atoms with E-state index in [1.54, 1.807) is 6.20 Å². The molecule has 0 saturated carbocycles. The van der Waals surface area contributed by atoms with Crippen molar-refractivity contribution in [1.29, 1.82) is 0 Å². The Hall–Kier alpha value is -1.95. The topological polar surface area (TPSA) is 75.1 Å². The van der Waals surface area contributed by atoms with Gasteiger partial charge < -0.3 is 10.4 Å². The highest BCUT2D eigenvalue weighted by Crippen LogP contribution is 2.22. The normalized spacial score (nSPS) is 12.1. The Morgan fingerprint density at radius 3 is 3.00 bits per heavy atom. The van der Waals surface area contributed by atoms with E-state index in [1.165, 1.54) is 29.8 Å². The number of aromatic carboxylic acids is 1. The summed E-state index contributed by atoms with van der Waals surface area (Å²) in [6, 6.07) is 1.43. The van der Waals surface area contributed by atoms with Crippen LogP contribution in [-0.4, -0.2) is 21.0 Å². The van der Waals surface area contributed by atoms with Gasteiger partial charge in [-0.25, -0.2) is 9.78 Å².